The van der Waals surface area contributed by atoms with Crippen molar-refractivity contribution in [3.63, 3.8) is 0 Å². The lowest BCUT2D eigenvalue weighted by Gasteiger charge is -2.18. The van der Waals surface area contributed by atoms with E-state index < -0.39 is 18.4 Å². The lowest BCUT2D eigenvalue weighted by Crippen LogP contribution is -2.19. The molecule has 1 unspecified atom stereocenters. The summed E-state index contributed by atoms with van der Waals surface area (Å²) in [5, 5.41) is 3.17. The number of hydrogen-bond donors (Lipinski definition) is 2. The molecule has 26 heavy (non-hydrogen) atoms. The maximum absolute atomic E-state index is 12.5. The van der Waals surface area contributed by atoms with E-state index in [9.17, 15) is 18.4 Å². The van der Waals surface area contributed by atoms with Gasteiger partial charge in [0.2, 0.25) is 0 Å². The summed E-state index contributed by atoms with van der Waals surface area (Å²) in [4.78, 5) is 25.4. The summed E-state index contributed by atoms with van der Waals surface area (Å²) in [5.41, 5.74) is 7.10. The quantitative estimate of drug-likeness (QED) is 0.827. The van der Waals surface area contributed by atoms with Crippen molar-refractivity contribution in [2.45, 2.75) is 32.8 Å². The average molecular weight is 380 g/mol. The number of nitrogens with one attached hydrogen (secondary N) is 1. The number of rotatable bonds is 5. The first-order chi connectivity index (χ1) is 12.3. The van der Waals surface area contributed by atoms with Gasteiger partial charge in [0.05, 0.1) is 5.56 Å². The van der Waals surface area contributed by atoms with Gasteiger partial charge >= 0.3 is 6.61 Å². The molecule has 0 saturated carbocycles. The van der Waals surface area contributed by atoms with E-state index in [1.807, 2.05) is 0 Å². The van der Waals surface area contributed by atoms with Gasteiger partial charge in [-0.05, 0) is 55.0 Å². The number of thiophene rings is 1. The van der Waals surface area contributed by atoms with Crippen molar-refractivity contribution in [1.29, 1.82) is 0 Å². The Hall–Kier alpha value is -2.48. The second-order valence-electron chi connectivity index (χ2n) is 6.28. The van der Waals surface area contributed by atoms with Crippen molar-refractivity contribution in [3.8, 4) is 5.75 Å². The molecular formula is C18H18F2N2O3S. The third-order valence-corrected chi connectivity index (χ3v) is 5.50. The number of amides is 2. The van der Waals surface area contributed by atoms with Crippen LogP contribution >= 0.6 is 11.3 Å². The molecule has 0 bridgehead atoms. The predicted octanol–water partition coefficient (Wildman–Crippen LogP) is 3.83. The van der Waals surface area contributed by atoms with E-state index in [2.05, 4.69) is 17.0 Å². The number of carbonyl (C=O) groups excluding carboxylic acids is 2. The zero-order valence-electron chi connectivity index (χ0n) is 14.1. The fourth-order valence-electron chi connectivity index (χ4n) is 3.06. The van der Waals surface area contributed by atoms with Crippen molar-refractivity contribution >= 4 is 28.2 Å². The van der Waals surface area contributed by atoms with Crippen molar-refractivity contribution in [3.05, 3.63) is 45.8 Å². The van der Waals surface area contributed by atoms with E-state index in [4.69, 9.17) is 5.73 Å². The number of fused-ring (bicyclic) bond motifs is 1. The molecule has 1 heterocycles. The van der Waals surface area contributed by atoms with Crippen LogP contribution in [0.15, 0.2) is 24.3 Å². The van der Waals surface area contributed by atoms with Crippen LogP contribution < -0.4 is 15.8 Å². The summed E-state index contributed by atoms with van der Waals surface area (Å²) >= 11 is 1.37. The average Bonchev–Trinajstić information content (AvgIpc) is 2.91. The van der Waals surface area contributed by atoms with Crippen LogP contribution in [0.1, 0.15) is 44.5 Å². The summed E-state index contributed by atoms with van der Waals surface area (Å²) in [5.74, 6) is -0.515. The van der Waals surface area contributed by atoms with Gasteiger partial charge < -0.3 is 15.8 Å². The van der Waals surface area contributed by atoms with Gasteiger partial charge in [-0.2, -0.15) is 8.78 Å². The summed E-state index contributed by atoms with van der Waals surface area (Å²) in [6, 6.07) is 5.34. The molecule has 0 fully saturated rings. The molecular weight excluding hydrogens is 362 g/mol. The highest BCUT2D eigenvalue weighted by Crippen LogP contribution is 2.39. The van der Waals surface area contributed by atoms with Gasteiger partial charge in [-0.25, -0.2) is 0 Å². The molecule has 1 atom stereocenters. The highest BCUT2D eigenvalue weighted by Gasteiger charge is 2.27. The van der Waals surface area contributed by atoms with Gasteiger partial charge in [0.15, 0.2) is 0 Å². The van der Waals surface area contributed by atoms with Crippen LogP contribution in [0.5, 0.6) is 5.75 Å². The number of nitrogens with two attached hydrogens (primary N) is 1. The van der Waals surface area contributed by atoms with Crippen LogP contribution in [-0.4, -0.2) is 18.4 Å². The smallest absolute Gasteiger partial charge is 0.387 e. The van der Waals surface area contributed by atoms with Gasteiger partial charge in [-0.1, -0.05) is 6.92 Å². The topological polar surface area (TPSA) is 81.4 Å². The molecule has 3 rings (SSSR count). The first-order valence-electron chi connectivity index (χ1n) is 8.15. The zero-order valence-corrected chi connectivity index (χ0v) is 14.9. The van der Waals surface area contributed by atoms with Crippen LogP contribution in [0, 0.1) is 5.92 Å². The number of alkyl halides is 2. The molecule has 0 aliphatic heterocycles. The summed E-state index contributed by atoms with van der Waals surface area (Å²) < 4.78 is 28.6. The maximum atomic E-state index is 12.5. The second kappa shape index (κ2) is 7.41. The minimum Gasteiger partial charge on any atom is -0.435 e. The molecule has 0 spiro atoms. The Kier molecular flexibility index (Phi) is 5.22. The highest BCUT2D eigenvalue weighted by molar-refractivity contribution is 7.17. The van der Waals surface area contributed by atoms with E-state index in [1.165, 1.54) is 35.6 Å². The van der Waals surface area contributed by atoms with E-state index in [0.29, 0.717) is 16.5 Å². The number of primary amides is 1. The fraction of sp³-hybridized carbons (Fsp3) is 0.333. The molecule has 8 heteroatoms. The van der Waals surface area contributed by atoms with Gasteiger partial charge in [-0.15, -0.1) is 11.3 Å². The Bertz CT molecular complexity index is 834. The summed E-state index contributed by atoms with van der Waals surface area (Å²) in [6.45, 7) is -0.777. The van der Waals surface area contributed by atoms with E-state index in [-0.39, 0.29) is 11.3 Å². The Balaban J connectivity index is 1.82. The zero-order chi connectivity index (χ0) is 18.8. The molecule has 1 aliphatic rings. The van der Waals surface area contributed by atoms with Crippen LogP contribution in [0.2, 0.25) is 0 Å². The van der Waals surface area contributed by atoms with Crippen LogP contribution in [0.25, 0.3) is 0 Å². The lowest BCUT2D eigenvalue weighted by atomic mass is 9.88. The molecule has 5 nitrogen and oxygen atoms in total. The number of anilines is 1. The first-order valence-corrected chi connectivity index (χ1v) is 8.97. The Labute approximate surface area is 153 Å². The van der Waals surface area contributed by atoms with Gasteiger partial charge in [-0.3, -0.25) is 9.59 Å². The first kappa shape index (κ1) is 18.3. The van der Waals surface area contributed by atoms with E-state index >= 15 is 0 Å². The van der Waals surface area contributed by atoms with Gasteiger partial charge in [0.25, 0.3) is 11.8 Å². The lowest BCUT2D eigenvalue weighted by molar-refractivity contribution is -0.0498. The molecule has 3 N–H and O–H groups in total. The molecule has 2 aromatic rings. The minimum atomic E-state index is -2.92. The third-order valence-electron chi connectivity index (χ3n) is 4.33. The van der Waals surface area contributed by atoms with Crippen molar-refractivity contribution < 1.29 is 23.1 Å². The van der Waals surface area contributed by atoms with Crippen LogP contribution in [0.4, 0.5) is 13.8 Å². The Morgan fingerprint density at radius 2 is 2.00 bits per heavy atom. The van der Waals surface area contributed by atoms with Crippen LogP contribution in [0.3, 0.4) is 0 Å². The molecule has 0 saturated heterocycles. The Morgan fingerprint density at radius 3 is 2.62 bits per heavy atom. The third kappa shape index (κ3) is 3.85. The van der Waals surface area contributed by atoms with E-state index in [0.717, 1.165) is 29.7 Å². The monoisotopic (exact) mass is 380 g/mol. The normalized spacial score (nSPS) is 16.2. The van der Waals surface area contributed by atoms with Crippen molar-refractivity contribution in [2.24, 2.45) is 11.7 Å². The standard InChI is InChI=1S/C18H18F2N2O3S/c1-9-2-7-12-13(8-9)26-17(14(12)15(21)23)22-16(24)10-3-5-11(6-4-10)25-18(19)20/h3-6,9,18H,2,7-8H2,1H3,(H2,21,23)(H,22,24). The molecule has 1 aromatic carbocycles. The van der Waals surface area contributed by atoms with Gasteiger partial charge in [0.1, 0.15) is 10.8 Å². The van der Waals surface area contributed by atoms with Crippen molar-refractivity contribution in [1.82, 2.24) is 0 Å². The number of halogens is 2. The maximum Gasteiger partial charge on any atom is 0.387 e. The largest absolute Gasteiger partial charge is 0.435 e. The fourth-order valence-corrected chi connectivity index (χ4v) is 4.47. The van der Waals surface area contributed by atoms with Gasteiger partial charge in [0, 0.05) is 10.4 Å². The highest BCUT2D eigenvalue weighted by atomic mass is 32.1. The van der Waals surface area contributed by atoms with E-state index in [1.54, 1.807) is 0 Å². The molecule has 0 radical (unpaired) electrons. The number of ether oxygens (including phenoxy) is 1. The predicted molar refractivity (Wildman–Crippen MR) is 95.1 cm³/mol. The summed E-state index contributed by atoms with van der Waals surface area (Å²) in [6.07, 6.45) is 2.60. The van der Waals surface area contributed by atoms with Crippen LogP contribution in [-0.2, 0) is 12.8 Å². The SMILES string of the molecule is CC1CCc2c(sc(NC(=O)c3ccc(OC(F)F)cc3)c2C(N)=O)C1. The molecule has 1 aliphatic carbocycles. The van der Waals surface area contributed by atoms with Crippen molar-refractivity contribution in [2.75, 3.05) is 5.32 Å². The number of hydrogen-bond acceptors (Lipinski definition) is 4. The number of carbonyl (C=O) groups is 2. The Morgan fingerprint density at radius 1 is 1.31 bits per heavy atom. The molecule has 138 valence electrons. The minimum absolute atomic E-state index is 0.0325. The number of benzene rings is 1. The molecule has 2 amide bonds. The second-order valence-corrected chi connectivity index (χ2v) is 7.38. The summed E-state index contributed by atoms with van der Waals surface area (Å²) in [7, 11) is 0. The molecule has 1 aromatic heterocycles.